The third-order valence-electron chi connectivity index (χ3n) is 3.90. The van der Waals surface area contributed by atoms with E-state index in [0.29, 0.717) is 24.8 Å². The molecule has 1 amide bonds. The van der Waals surface area contributed by atoms with E-state index in [1.165, 1.54) is 17.0 Å². The molecule has 0 saturated heterocycles. The minimum absolute atomic E-state index is 0. The van der Waals surface area contributed by atoms with E-state index in [1.54, 1.807) is 26.2 Å². The summed E-state index contributed by atoms with van der Waals surface area (Å²) in [7, 11) is 3.38. The summed E-state index contributed by atoms with van der Waals surface area (Å²) >= 11 is 0. The fourth-order valence-corrected chi connectivity index (χ4v) is 2.31. The number of amides is 1. The number of guanidine groups is 1. The molecule has 2 rings (SSSR count). The van der Waals surface area contributed by atoms with Gasteiger partial charge in [-0.2, -0.15) is 0 Å². The highest BCUT2D eigenvalue weighted by atomic mass is 127. The lowest BCUT2D eigenvalue weighted by molar-refractivity contribution is -0.130. The number of aliphatic imine (C=N–C) groups is 1. The molecule has 0 heterocycles. The van der Waals surface area contributed by atoms with Gasteiger partial charge >= 0.3 is 0 Å². The Kier molecular flexibility index (Phi) is 11.0. The molecule has 0 atom stereocenters. The first-order valence-corrected chi connectivity index (χ1v) is 9.16. The number of hydrogen-bond donors (Lipinski definition) is 2. The molecule has 0 aliphatic rings. The van der Waals surface area contributed by atoms with Crippen LogP contribution in [-0.2, 0) is 17.9 Å². The first kappa shape index (κ1) is 24.7. The summed E-state index contributed by atoms with van der Waals surface area (Å²) in [5, 5.41) is 6.41. The van der Waals surface area contributed by atoms with Gasteiger partial charge in [0.2, 0.25) is 0 Å². The predicted octanol–water partition coefficient (Wildman–Crippen LogP) is 3.17. The zero-order valence-corrected chi connectivity index (χ0v) is 19.3. The molecule has 0 bridgehead atoms. The molecule has 158 valence electrons. The molecule has 0 aliphatic carbocycles. The van der Waals surface area contributed by atoms with Gasteiger partial charge in [0.05, 0.1) is 6.54 Å². The van der Waals surface area contributed by atoms with Crippen LogP contribution in [0.2, 0.25) is 0 Å². The normalized spacial score (nSPS) is 10.7. The molecule has 0 aliphatic heterocycles. The number of ether oxygens (including phenoxy) is 1. The maximum atomic E-state index is 13.0. The molecule has 0 radical (unpaired) electrons. The van der Waals surface area contributed by atoms with Crippen molar-refractivity contribution in [3.63, 3.8) is 0 Å². The monoisotopic (exact) mass is 514 g/mol. The van der Waals surface area contributed by atoms with Crippen LogP contribution in [0.4, 0.5) is 4.39 Å². The van der Waals surface area contributed by atoms with Crippen molar-refractivity contribution in [1.29, 1.82) is 0 Å². The molecule has 0 aromatic heterocycles. The fraction of sp³-hybridized carbons (Fsp3) is 0.333. The van der Waals surface area contributed by atoms with Crippen LogP contribution in [0.1, 0.15) is 18.1 Å². The second kappa shape index (κ2) is 13.0. The Bertz CT molecular complexity index is 798. The summed E-state index contributed by atoms with van der Waals surface area (Å²) < 4.78 is 18.5. The van der Waals surface area contributed by atoms with Crippen molar-refractivity contribution in [3.8, 4) is 5.75 Å². The Morgan fingerprint density at radius 2 is 1.83 bits per heavy atom. The third kappa shape index (κ3) is 9.12. The lowest BCUT2D eigenvalue weighted by Gasteiger charge is -2.13. The fourth-order valence-electron chi connectivity index (χ4n) is 2.31. The minimum Gasteiger partial charge on any atom is -0.484 e. The minimum atomic E-state index is -0.251. The standard InChI is InChI=1S/C21H27FN4O2.HI/c1-4-23-21(24-13-16-8-10-18(22)11-9-16)25-14-17-6-5-7-19(12-17)28-15-20(27)26(2)3;/h5-12H,4,13-15H2,1-3H3,(H2,23,24,25);1H. The maximum absolute atomic E-state index is 13.0. The van der Waals surface area contributed by atoms with Gasteiger partial charge in [-0.05, 0) is 42.3 Å². The van der Waals surface area contributed by atoms with E-state index >= 15 is 0 Å². The summed E-state index contributed by atoms with van der Waals surface area (Å²) in [5.74, 6) is 0.953. The number of nitrogens with one attached hydrogen (secondary N) is 2. The second-order valence-electron chi connectivity index (χ2n) is 6.40. The van der Waals surface area contributed by atoms with Crippen LogP contribution in [-0.4, -0.2) is 44.0 Å². The summed E-state index contributed by atoms with van der Waals surface area (Å²) in [6, 6.07) is 13.9. The number of nitrogens with zero attached hydrogens (tertiary/aromatic N) is 2. The molecular weight excluding hydrogens is 486 g/mol. The van der Waals surface area contributed by atoms with Crippen molar-refractivity contribution < 1.29 is 13.9 Å². The molecule has 8 heteroatoms. The largest absolute Gasteiger partial charge is 0.484 e. The zero-order chi connectivity index (χ0) is 20.4. The number of hydrogen-bond acceptors (Lipinski definition) is 3. The first-order chi connectivity index (χ1) is 13.5. The van der Waals surface area contributed by atoms with Gasteiger partial charge < -0.3 is 20.3 Å². The van der Waals surface area contributed by atoms with E-state index in [0.717, 1.165) is 17.7 Å². The van der Waals surface area contributed by atoms with E-state index in [-0.39, 0.29) is 42.3 Å². The van der Waals surface area contributed by atoms with Gasteiger partial charge in [-0.25, -0.2) is 9.38 Å². The van der Waals surface area contributed by atoms with Crippen molar-refractivity contribution in [2.75, 3.05) is 27.2 Å². The van der Waals surface area contributed by atoms with E-state index in [4.69, 9.17) is 4.74 Å². The number of benzene rings is 2. The lowest BCUT2D eigenvalue weighted by atomic mass is 10.2. The molecule has 0 unspecified atom stereocenters. The Labute approximate surface area is 188 Å². The average molecular weight is 514 g/mol. The average Bonchev–Trinajstić information content (AvgIpc) is 2.69. The highest BCUT2D eigenvalue weighted by molar-refractivity contribution is 14.0. The van der Waals surface area contributed by atoms with Gasteiger partial charge in [0.15, 0.2) is 12.6 Å². The Morgan fingerprint density at radius 3 is 2.48 bits per heavy atom. The molecule has 29 heavy (non-hydrogen) atoms. The molecule has 0 fully saturated rings. The number of carbonyl (C=O) groups excluding carboxylic acids is 1. The lowest BCUT2D eigenvalue weighted by Crippen LogP contribution is -2.36. The number of rotatable bonds is 8. The van der Waals surface area contributed by atoms with Crippen molar-refractivity contribution in [2.45, 2.75) is 20.0 Å². The van der Waals surface area contributed by atoms with Crippen LogP contribution in [0, 0.1) is 5.82 Å². The van der Waals surface area contributed by atoms with Crippen LogP contribution in [0.3, 0.4) is 0 Å². The summed E-state index contributed by atoms with van der Waals surface area (Å²) in [6.45, 7) is 3.72. The van der Waals surface area contributed by atoms with Crippen molar-refractivity contribution in [3.05, 3.63) is 65.5 Å². The number of likely N-dealkylation sites (N-methyl/N-ethyl adjacent to an activating group) is 1. The number of halogens is 2. The summed E-state index contributed by atoms with van der Waals surface area (Å²) in [6.07, 6.45) is 0. The van der Waals surface area contributed by atoms with Crippen LogP contribution >= 0.6 is 24.0 Å². The SMILES string of the molecule is CCNC(=NCc1cccc(OCC(=O)N(C)C)c1)NCc1ccc(F)cc1.I. The number of carbonyl (C=O) groups is 1. The van der Waals surface area contributed by atoms with E-state index in [2.05, 4.69) is 15.6 Å². The van der Waals surface area contributed by atoms with Crippen LogP contribution in [0.25, 0.3) is 0 Å². The highest BCUT2D eigenvalue weighted by Gasteiger charge is 2.05. The third-order valence-corrected chi connectivity index (χ3v) is 3.90. The highest BCUT2D eigenvalue weighted by Crippen LogP contribution is 2.14. The Hall–Kier alpha value is -2.36. The van der Waals surface area contributed by atoms with Crippen LogP contribution < -0.4 is 15.4 Å². The van der Waals surface area contributed by atoms with Crippen molar-refractivity contribution in [2.24, 2.45) is 4.99 Å². The van der Waals surface area contributed by atoms with Crippen LogP contribution in [0.15, 0.2) is 53.5 Å². The van der Waals surface area contributed by atoms with Gasteiger partial charge in [0.1, 0.15) is 11.6 Å². The maximum Gasteiger partial charge on any atom is 0.259 e. The van der Waals surface area contributed by atoms with Gasteiger partial charge in [0.25, 0.3) is 5.91 Å². The van der Waals surface area contributed by atoms with E-state index < -0.39 is 0 Å². The Balaban J connectivity index is 0.00000420. The molecule has 2 N–H and O–H groups in total. The predicted molar refractivity (Wildman–Crippen MR) is 124 cm³/mol. The van der Waals surface area contributed by atoms with Crippen LogP contribution in [0.5, 0.6) is 5.75 Å². The van der Waals surface area contributed by atoms with Gasteiger partial charge in [-0.1, -0.05) is 24.3 Å². The van der Waals surface area contributed by atoms with Gasteiger partial charge in [0, 0.05) is 27.2 Å². The quantitative estimate of drug-likeness (QED) is 0.323. The van der Waals surface area contributed by atoms with Gasteiger partial charge in [-0.3, -0.25) is 4.79 Å². The van der Waals surface area contributed by atoms with E-state index in [1.807, 2.05) is 31.2 Å². The molecule has 6 nitrogen and oxygen atoms in total. The first-order valence-electron chi connectivity index (χ1n) is 9.16. The molecular formula is C21H28FIN4O2. The molecule has 0 saturated carbocycles. The molecule has 2 aromatic carbocycles. The Morgan fingerprint density at radius 1 is 1.10 bits per heavy atom. The van der Waals surface area contributed by atoms with E-state index in [9.17, 15) is 9.18 Å². The zero-order valence-electron chi connectivity index (χ0n) is 16.9. The second-order valence-corrected chi connectivity index (χ2v) is 6.40. The van der Waals surface area contributed by atoms with Crippen molar-refractivity contribution >= 4 is 35.8 Å². The summed E-state index contributed by atoms with van der Waals surface area (Å²) in [4.78, 5) is 17.7. The smallest absolute Gasteiger partial charge is 0.259 e. The van der Waals surface area contributed by atoms with Crippen molar-refractivity contribution in [1.82, 2.24) is 15.5 Å². The summed E-state index contributed by atoms with van der Waals surface area (Å²) in [5.41, 5.74) is 1.93. The van der Waals surface area contributed by atoms with Gasteiger partial charge in [-0.15, -0.1) is 24.0 Å². The molecule has 0 spiro atoms. The topological polar surface area (TPSA) is 66.0 Å². The molecule has 2 aromatic rings.